The molecule has 1 rings (SSSR count). The standard InChI is InChI=1S/C13H15NO2/c1-2-3-4-5-6-9-12-10-7-8-11-13(12)14(15)16/h7-8,10-11H,2-5H2,1H3. The summed E-state index contributed by atoms with van der Waals surface area (Å²) >= 11 is 0. The zero-order valence-electron chi connectivity index (χ0n) is 9.40. The number of unbranched alkanes of at least 4 members (excludes halogenated alkanes) is 3. The number of hydrogen-bond donors (Lipinski definition) is 0. The number of benzene rings is 1. The molecule has 16 heavy (non-hydrogen) atoms. The van der Waals surface area contributed by atoms with Gasteiger partial charge in [0.1, 0.15) is 5.56 Å². The maximum absolute atomic E-state index is 10.7. The molecule has 0 amide bonds. The third kappa shape index (κ3) is 3.74. The number of nitrogens with zero attached hydrogens (tertiary/aromatic N) is 1. The first-order valence-corrected chi connectivity index (χ1v) is 5.48. The van der Waals surface area contributed by atoms with Crippen LogP contribution < -0.4 is 0 Å². The van der Waals surface area contributed by atoms with Crippen molar-refractivity contribution in [1.29, 1.82) is 0 Å². The lowest BCUT2D eigenvalue weighted by molar-refractivity contribution is -0.385. The number of nitro benzene ring substituents is 1. The van der Waals surface area contributed by atoms with Gasteiger partial charge < -0.3 is 0 Å². The Bertz CT molecular complexity index is 415. The fourth-order valence-corrected chi connectivity index (χ4v) is 1.36. The van der Waals surface area contributed by atoms with Crippen LogP contribution in [0.5, 0.6) is 0 Å². The zero-order chi connectivity index (χ0) is 11.8. The molecule has 1 aromatic carbocycles. The van der Waals surface area contributed by atoms with Crippen LogP contribution >= 0.6 is 0 Å². The summed E-state index contributed by atoms with van der Waals surface area (Å²) in [5, 5.41) is 10.7. The topological polar surface area (TPSA) is 43.1 Å². The SMILES string of the molecule is CCCCCC#Cc1ccccc1[N+](=O)[O-]. The maximum atomic E-state index is 10.7. The van der Waals surface area contributed by atoms with Crippen molar-refractivity contribution in [3.63, 3.8) is 0 Å². The van der Waals surface area contributed by atoms with Gasteiger partial charge in [0.25, 0.3) is 5.69 Å². The van der Waals surface area contributed by atoms with Gasteiger partial charge in [-0.15, -0.1) is 0 Å². The van der Waals surface area contributed by atoms with Gasteiger partial charge in [-0.05, 0) is 12.5 Å². The lowest BCUT2D eigenvalue weighted by Crippen LogP contribution is -1.91. The molecule has 0 aliphatic carbocycles. The van der Waals surface area contributed by atoms with Gasteiger partial charge in [-0.25, -0.2) is 0 Å². The van der Waals surface area contributed by atoms with Crippen LogP contribution in [0, 0.1) is 22.0 Å². The van der Waals surface area contributed by atoms with Crippen LogP contribution in [-0.4, -0.2) is 4.92 Å². The van der Waals surface area contributed by atoms with Crippen molar-refractivity contribution in [2.45, 2.75) is 32.6 Å². The van der Waals surface area contributed by atoms with E-state index in [2.05, 4.69) is 18.8 Å². The minimum Gasteiger partial charge on any atom is -0.258 e. The molecule has 3 nitrogen and oxygen atoms in total. The summed E-state index contributed by atoms with van der Waals surface area (Å²) in [6.07, 6.45) is 4.18. The van der Waals surface area contributed by atoms with Crippen molar-refractivity contribution in [1.82, 2.24) is 0 Å². The molecule has 0 N–H and O–H groups in total. The van der Waals surface area contributed by atoms with Crippen LogP contribution in [0.1, 0.15) is 38.2 Å². The van der Waals surface area contributed by atoms with Crippen LogP contribution in [0.3, 0.4) is 0 Å². The normalized spacial score (nSPS) is 9.31. The van der Waals surface area contributed by atoms with E-state index in [-0.39, 0.29) is 5.69 Å². The first-order valence-electron chi connectivity index (χ1n) is 5.48. The summed E-state index contributed by atoms with van der Waals surface area (Å²) in [4.78, 5) is 10.3. The molecule has 0 radical (unpaired) electrons. The van der Waals surface area contributed by atoms with Crippen LogP contribution in [0.25, 0.3) is 0 Å². The predicted octanol–water partition coefficient (Wildman–Crippen LogP) is 3.53. The Morgan fingerprint density at radius 3 is 2.75 bits per heavy atom. The minimum absolute atomic E-state index is 0.0884. The van der Waals surface area contributed by atoms with E-state index < -0.39 is 4.92 Å². The Kier molecular flexibility index (Phi) is 5.07. The van der Waals surface area contributed by atoms with Gasteiger partial charge in [-0.2, -0.15) is 0 Å². The summed E-state index contributed by atoms with van der Waals surface area (Å²) in [7, 11) is 0. The summed E-state index contributed by atoms with van der Waals surface area (Å²) in [5.74, 6) is 5.84. The highest BCUT2D eigenvalue weighted by molar-refractivity contribution is 5.50. The van der Waals surface area contributed by atoms with Crippen LogP contribution in [0.15, 0.2) is 24.3 Å². The number of para-hydroxylation sites is 1. The Morgan fingerprint density at radius 1 is 1.31 bits per heavy atom. The molecule has 0 heterocycles. The Balaban J connectivity index is 2.69. The highest BCUT2D eigenvalue weighted by Crippen LogP contribution is 2.16. The summed E-state index contributed by atoms with van der Waals surface area (Å²) in [5.41, 5.74) is 0.592. The number of rotatable bonds is 4. The molecule has 0 spiro atoms. The molecule has 0 fully saturated rings. The summed E-state index contributed by atoms with van der Waals surface area (Å²) in [6.45, 7) is 2.13. The molecule has 0 saturated carbocycles. The van der Waals surface area contributed by atoms with Gasteiger partial charge in [0.2, 0.25) is 0 Å². The van der Waals surface area contributed by atoms with E-state index in [1.54, 1.807) is 18.2 Å². The van der Waals surface area contributed by atoms with Crippen molar-refractivity contribution in [3.05, 3.63) is 39.9 Å². The van der Waals surface area contributed by atoms with Crippen molar-refractivity contribution in [2.75, 3.05) is 0 Å². The molecule has 1 aromatic rings. The van der Waals surface area contributed by atoms with Crippen LogP contribution in [0.4, 0.5) is 5.69 Å². The average molecular weight is 217 g/mol. The highest BCUT2D eigenvalue weighted by atomic mass is 16.6. The van der Waals surface area contributed by atoms with Crippen LogP contribution in [0.2, 0.25) is 0 Å². The first kappa shape index (κ1) is 12.3. The molecule has 84 valence electrons. The van der Waals surface area contributed by atoms with E-state index >= 15 is 0 Å². The third-order valence-corrected chi connectivity index (χ3v) is 2.23. The van der Waals surface area contributed by atoms with E-state index in [0.29, 0.717) is 5.56 Å². The average Bonchev–Trinajstić information content (AvgIpc) is 2.29. The molecule has 0 atom stereocenters. The molecule has 0 saturated heterocycles. The highest BCUT2D eigenvalue weighted by Gasteiger charge is 2.09. The van der Waals surface area contributed by atoms with E-state index in [9.17, 15) is 10.1 Å². The fourth-order valence-electron chi connectivity index (χ4n) is 1.36. The number of nitro groups is 1. The van der Waals surface area contributed by atoms with E-state index in [1.165, 1.54) is 6.07 Å². The van der Waals surface area contributed by atoms with Gasteiger partial charge in [-0.1, -0.05) is 43.7 Å². The second-order valence-corrected chi connectivity index (χ2v) is 3.53. The van der Waals surface area contributed by atoms with Crippen molar-refractivity contribution < 1.29 is 4.92 Å². The molecule has 0 unspecified atom stereocenters. The molecule has 0 aliphatic rings. The van der Waals surface area contributed by atoms with Crippen molar-refractivity contribution >= 4 is 5.69 Å². The van der Waals surface area contributed by atoms with Gasteiger partial charge in [0, 0.05) is 12.5 Å². The smallest absolute Gasteiger partial charge is 0.258 e. The third-order valence-electron chi connectivity index (χ3n) is 2.23. The first-order chi connectivity index (χ1) is 7.75. The second kappa shape index (κ2) is 6.62. The molecular formula is C13H15NO2. The Labute approximate surface area is 95.6 Å². The van der Waals surface area contributed by atoms with Gasteiger partial charge >= 0.3 is 0 Å². The van der Waals surface area contributed by atoms with E-state index in [4.69, 9.17) is 0 Å². The van der Waals surface area contributed by atoms with E-state index in [0.717, 1.165) is 25.7 Å². The zero-order valence-corrected chi connectivity index (χ0v) is 9.40. The fraction of sp³-hybridized carbons (Fsp3) is 0.385. The van der Waals surface area contributed by atoms with Gasteiger partial charge in [0.05, 0.1) is 4.92 Å². The second-order valence-electron chi connectivity index (χ2n) is 3.53. The summed E-state index contributed by atoms with van der Waals surface area (Å²) in [6, 6.07) is 6.59. The lowest BCUT2D eigenvalue weighted by atomic mass is 10.1. The maximum Gasteiger partial charge on any atom is 0.284 e. The number of hydrogen-bond acceptors (Lipinski definition) is 2. The molecule has 0 bridgehead atoms. The molecular weight excluding hydrogens is 202 g/mol. The van der Waals surface area contributed by atoms with E-state index in [1.807, 2.05) is 0 Å². The molecule has 0 aliphatic heterocycles. The predicted molar refractivity (Wildman–Crippen MR) is 64.1 cm³/mol. The lowest BCUT2D eigenvalue weighted by Gasteiger charge is -1.93. The quantitative estimate of drug-likeness (QED) is 0.335. The monoisotopic (exact) mass is 217 g/mol. The van der Waals surface area contributed by atoms with Crippen molar-refractivity contribution in [3.8, 4) is 11.8 Å². The Hall–Kier alpha value is -1.82. The molecule has 3 heteroatoms. The largest absolute Gasteiger partial charge is 0.284 e. The Morgan fingerprint density at radius 2 is 2.06 bits per heavy atom. The van der Waals surface area contributed by atoms with Crippen LogP contribution in [-0.2, 0) is 0 Å². The minimum atomic E-state index is -0.393. The summed E-state index contributed by atoms with van der Waals surface area (Å²) < 4.78 is 0. The van der Waals surface area contributed by atoms with Gasteiger partial charge in [-0.3, -0.25) is 10.1 Å². The van der Waals surface area contributed by atoms with Gasteiger partial charge in [0.15, 0.2) is 0 Å². The van der Waals surface area contributed by atoms with Crippen molar-refractivity contribution in [2.24, 2.45) is 0 Å². The molecule has 0 aromatic heterocycles.